The van der Waals surface area contributed by atoms with Crippen molar-refractivity contribution in [3.63, 3.8) is 0 Å². The van der Waals surface area contributed by atoms with Crippen LogP contribution in [0.25, 0.3) is 10.9 Å². The molecule has 2 aliphatic rings. The van der Waals surface area contributed by atoms with Gasteiger partial charge in [-0.3, -0.25) is 9.69 Å². The maximum absolute atomic E-state index is 12.8. The molecule has 3 heterocycles. The molecule has 150 valence electrons. The third kappa shape index (κ3) is 4.63. The van der Waals surface area contributed by atoms with E-state index in [2.05, 4.69) is 4.90 Å². The molecule has 1 amide bonds. The molecule has 28 heavy (non-hydrogen) atoms. The van der Waals surface area contributed by atoms with Crippen LogP contribution in [0, 0.1) is 0 Å². The van der Waals surface area contributed by atoms with E-state index in [1.54, 1.807) is 0 Å². The molecule has 1 aromatic carbocycles. The van der Waals surface area contributed by atoms with Crippen molar-refractivity contribution in [1.29, 1.82) is 0 Å². The SMILES string of the molecule is CC(Sc1nc(CN2CCOCC2)nc2ccccc12)C(=O)N1CCOCC1. The molecular formula is C20H26N4O3S. The molecule has 8 heteroatoms. The lowest BCUT2D eigenvalue weighted by Gasteiger charge is -2.29. The molecule has 0 radical (unpaired) electrons. The van der Waals surface area contributed by atoms with Crippen molar-refractivity contribution in [2.45, 2.75) is 23.7 Å². The molecule has 2 fully saturated rings. The maximum atomic E-state index is 12.8. The quantitative estimate of drug-likeness (QED) is 0.558. The average molecular weight is 403 g/mol. The summed E-state index contributed by atoms with van der Waals surface area (Å²) in [6.45, 7) is 8.50. The van der Waals surface area contributed by atoms with Crippen LogP contribution in [0.5, 0.6) is 0 Å². The molecule has 0 spiro atoms. The number of carbonyl (C=O) groups is 1. The Bertz CT molecular complexity index is 822. The smallest absolute Gasteiger partial charge is 0.235 e. The zero-order valence-electron chi connectivity index (χ0n) is 16.2. The number of thioether (sulfide) groups is 1. The van der Waals surface area contributed by atoms with E-state index in [0.29, 0.717) is 32.8 Å². The Morgan fingerprint density at radius 3 is 2.50 bits per heavy atom. The molecule has 1 unspecified atom stereocenters. The molecule has 1 aromatic heterocycles. The van der Waals surface area contributed by atoms with Crippen molar-refractivity contribution >= 4 is 28.6 Å². The fourth-order valence-corrected chi connectivity index (χ4v) is 4.51. The van der Waals surface area contributed by atoms with Gasteiger partial charge >= 0.3 is 0 Å². The zero-order valence-corrected chi connectivity index (χ0v) is 17.0. The van der Waals surface area contributed by atoms with Gasteiger partial charge in [0.1, 0.15) is 10.9 Å². The van der Waals surface area contributed by atoms with Gasteiger partial charge in [-0.2, -0.15) is 0 Å². The van der Waals surface area contributed by atoms with E-state index in [1.807, 2.05) is 36.1 Å². The first-order chi connectivity index (χ1) is 13.7. The highest BCUT2D eigenvalue weighted by Crippen LogP contribution is 2.30. The van der Waals surface area contributed by atoms with Crippen molar-refractivity contribution in [3.05, 3.63) is 30.1 Å². The number of para-hydroxylation sites is 1. The normalized spacial score (nSPS) is 19.7. The molecular weight excluding hydrogens is 376 g/mol. The first-order valence-corrected chi connectivity index (χ1v) is 10.7. The average Bonchev–Trinajstić information content (AvgIpc) is 2.74. The molecule has 2 saturated heterocycles. The number of amides is 1. The monoisotopic (exact) mass is 402 g/mol. The lowest BCUT2D eigenvalue weighted by molar-refractivity contribution is -0.134. The molecule has 2 aromatic rings. The van der Waals surface area contributed by atoms with E-state index in [4.69, 9.17) is 19.4 Å². The first kappa shape index (κ1) is 19.6. The van der Waals surface area contributed by atoms with Gasteiger partial charge < -0.3 is 14.4 Å². The number of fused-ring (bicyclic) bond motifs is 1. The number of nitrogens with zero attached hydrogens (tertiary/aromatic N) is 4. The van der Waals surface area contributed by atoms with Crippen molar-refractivity contribution in [3.8, 4) is 0 Å². The summed E-state index contributed by atoms with van der Waals surface area (Å²) in [6, 6.07) is 8.02. The van der Waals surface area contributed by atoms with E-state index in [9.17, 15) is 4.79 Å². The molecule has 2 aliphatic heterocycles. The second-order valence-electron chi connectivity index (χ2n) is 7.05. The van der Waals surface area contributed by atoms with E-state index in [0.717, 1.165) is 48.1 Å². The zero-order chi connectivity index (χ0) is 19.3. The minimum Gasteiger partial charge on any atom is -0.379 e. The van der Waals surface area contributed by atoms with Gasteiger partial charge in [-0.15, -0.1) is 0 Å². The molecule has 0 saturated carbocycles. The predicted molar refractivity (Wildman–Crippen MR) is 108 cm³/mol. The lowest BCUT2D eigenvalue weighted by atomic mass is 10.2. The Labute approximate surface area is 169 Å². The van der Waals surface area contributed by atoms with Gasteiger partial charge in [0.2, 0.25) is 5.91 Å². The van der Waals surface area contributed by atoms with E-state index >= 15 is 0 Å². The van der Waals surface area contributed by atoms with E-state index < -0.39 is 0 Å². The molecule has 4 rings (SSSR count). The molecule has 7 nitrogen and oxygen atoms in total. The summed E-state index contributed by atoms with van der Waals surface area (Å²) in [5.41, 5.74) is 0.925. The lowest BCUT2D eigenvalue weighted by Crippen LogP contribution is -2.44. The van der Waals surface area contributed by atoms with Crippen molar-refractivity contribution in [2.75, 3.05) is 52.6 Å². The summed E-state index contributed by atoms with van der Waals surface area (Å²) < 4.78 is 10.8. The summed E-state index contributed by atoms with van der Waals surface area (Å²) >= 11 is 1.52. The topological polar surface area (TPSA) is 67.8 Å². The molecule has 1 atom stereocenters. The predicted octanol–water partition coefficient (Wildman–Crippen LogP) is 1.80. The van der Waals surface area contributed by atoms with Crippen LogP contribution in [0.3, 0.4) is 0 Å². The van der Waals surface area contributed by atoms with Crippen molar-refractivity contribution in [1.82, 2.24) is 19.8 Å². The number of ether oxygens (including phenoxy) is 2. The van der Waals surface area contributed by atoms with Crippen LogP contribution in [-0.2, 0) is 20.8 Å². The van der Waals surface area contributed by atoms with Crippen LogP contribution in [0.2, 0.25) is 0 Å². The second-order valence-corrected chi connectivity index (χ2v) is 8.38. The summed E-state index contributed by atoms with van der Waals surface area (Å²) in [5.74, 6) is 0.944. The van der Waals surface area contributed by atoms with Gasteiger partial charge in [-0.25, -0.2) is 9.97 Å². The van der Waals surface area contributed by atoms with Gasteiger partial charge in [0.15, 0.2) is 0 Å². The molecule has 0 N–H and O–H groups in total. The Morgan fingerprint density at radius 1 is 1.07 bits per heavy atom. The largest absolute Gasteiger partial charge is 0.379 e. The number of rotatable bonds is 5. The highest BCUT2D eigenvalue weighted by Gasteiger charge is 2.25. The fraction of sp³-hybridized carbons (Fsp3) is 0.550. The Balaban J connectivity index is 1.54. The number of morpholine rings is 2. The summed E-state index contributed by atoms with van der Waals surface area (Å²) in [7, 11) is 0. The van der Waals surface area contributed by atoms with Gasteiger partial charge in [0, 0.05) is 31.6 Å². The number of hydrogen-bond acceptors (Lipinski definition) is 7. The number of carbonyl (C=O) groups excluding carboxylic acids is 1. The highest BCUT2D eigenvalue weighted by molar-refractivity contribution is 8.00. The molecule has 0 bridgehead atoms. The van der Waals surface area contributed by atoms with Crippen molar-refractivity contribution < 1.29 is 14.3 Å². The van der Waals surface area contributed by atoms with E-state index in [1.165, 1.54) is 11.8 Å². The Hall–Kier alpha value is -1.74. The highest BCUT2D eigenvalue weighted by atomic mass is 32.2. The fourth-order valence-electron chi connectivity index (χ4n) is 3.47. The standard InChI is InChI=1S/C20H26N4O3S/c1-15(20(25)24-8-12-27-13-9-24)28-19-16-4-2-3-5-17(16)21-18(22-19)14-23-6-10-26-11-7-23/h2-5,15H,6-14H2,1H3. The van der Waals surface area contributed by atoms with Gasteiger partial charge in [-0.05, 0) is 13.0 Å². The molecule has 0 aliphatic carbocycles. The van der Waals surface area contributed by atoms with Gasteiger partial charge in [-0.1, -0.05) is 30.0 Å². The number of aromatic nitrogens is 2. The third-order valence-corrected chi connectivity index (χ3v) is 6.13. The van der Waals surface area contributed by atoms with Crippen LogP contribution in [0.1, 0.15) is 12.7 Å². The van der Waals surface area contributed by atoms with Crippen LogP contribution >= 0.6 is 11.8 Å². The minimum atomic E-state index is -0.201. The van der Waals surface area contributed by atoms with Crippen LogP contribution in [0.4, 0.5) is 0 Å². The van der Waals surface area contributed by atoms with Crippen LogP contribution in [0.15, 0.2) is 29.3 Å². The number of benzene rings is 1. The first-order valence-electron chi connectivity index (χ1n) is 9.79. The maximum Gasteiger partial charge on any atom is 0.235 e. The summed E-state index contributed by atoms with van der Waals surface area (Å²) in [5, 5.41) is 1.68. The van der Waals surface area contributed by atoms with Gasteiger partial charge in [0.05, 0.1) is 43.7 Å². The third-order valence-electron chi connectivity index (χ3n) is 5.04. The minimum absolute atomic E-state index is 0.144. The summed E-state index contributed by atoms with van der Waals surface area (Å²) in [4.78, 5) is 26.6. The van der Waals surface area contributed by atoms with Crippen molar-refractivity contribution in [2.24, 2.45) is 0 Å². The summed E-state index contributed by atoms with van der Waals surface area (Å²) in [6.07, 6.45) is 0. The van der Waals surface area contributed by atoms with E-state index in [-0.39, 0.29) is 11.2 Å². The van der Waals surface area contributed by atoms with Crippen LogP contribution < -0.4 is 0 Å². The van der Waals surface area contributed by atoms with Gasteiger partial charge in [0.25, 0.3) is 0 Å². The van der Waals surface area contributed by atoms with Crippen LogP contribution in [-0.4, -0.2) is 83.5 Å². The number of hydrogen-bond donors (Lipinski definition) is 0. The Morgan fingerprint density at radius 2 is 1.75 bits per heavy atom. The second kappa shape index (κ2) is 9.17. The Kier molecular flexibility index (Phi) is 6.41.